The van der Waals surface area contributed by atoms with Crippen molar-refractivity contribution in [2.75, 3.05) is 4.72 Å². The number of nitrogens with zero attached hydrogens (tertiary/aromatic N) is 2. The summed E-state index contributed by atoms with van der Waals surface area (Å²) in [5, 5.41) is 2.17. The van der Waals surface area contributed by atoms with Gasteiger partial charge in [0.05, 0.1) is 16.2 Å². The Balaban J connectivity index is 1.41. The zero-order valence-corrected chi connectivity index (χ0v) is 18.1. The summed E-state index contributed by atoms with van der Waals surface area (Å²) in [4.78, 5) is 29.1. The molecule has 1 N–H and O–H groups in total. The van der Waals surface area contributed by atoms with Gasteiger partial charge in [0.2, 0.25) is 0 Å². The van der Waals surface area contributed by atoms with Crippen molar-refractivity contribution in [2.24, 2.45) is 0 Å². The zero-order valence-electron chi connectivity index (χ0n) is 15.7. The lowest BCUT2D eigenvalue weighted by atomic mass is 10.2. The van der Waals surface area contributed by atoms with E-state index < -0.39 is 16.0 Å². The molecule has 0 aliphatic rings. The molecular formula is C20H14ClN3O5S2. The highest BCUT2D eigenvalue weighted by Crippen LogP contribution is 2.19. The van der Waals surface area contributed by atoms with Gasteiger partial charge in [0.25, 0.3) is 15.6 Å². The van der Waals surface area contributed by atoms with Gasteiger partial charge in [0.15, 0.2) is 4.96 Å². The Morgan fingerprint density at radius 3 is 2.55 bits per heavy atom. The van der Waals surface area contributed by atoms with Gasteiger partial charge in [-0.05, 0) is 48.5 Å². The van der Waals surface area contributed by atoms with Gasteiger partial charge < -0.3 is 4.74 Å². The monoisotopic (exact) mass is 475 g/mol. The third-order valence-corrected chi connectivity index (χ3v) is 6.61. The SMILES string of the molecule is O=C(OCc1cc(=O)n2ccsc2n1)c1ccc(NS(=O)(=O)c2ccc(Cl)cc2)cc1. The Labute approximate surface area is 185 Å². The number of aromatic nitrogens is 2. The number of rotatable bonds is 6. The second-order valence-corrected chi connectivity index (χ2v) is 9.35. The van der Waals surface area contributed by atoms with Crippen LogP contribution in [0.3, 0.4) is 0 Å². The van der Waals surface area contributed by atoms with Gasteiger partial charge >= 0.3 is 5.97 Å². The van der Waals surface area contributed by atoms with Crippen LogP contribution in [0.15, 0.2) is 75.9 Å². The Bertz CT molecular complexity index is 1410. The number of esters is 1. The lowest BCUT2D eigenvalue weighted by molar-refractivity contribution is 0.0468. The average molecular weight is 476 g/mol. The van der Waals surface area contributed by atoms with Crippen molar-refractivity contribution < 1.29 is 17.9 Å². The minimum atomic E-state index is -3.79. The molecule has 8 nitrogen and oxygen atoms in total. The molecule has 0 radical (unpaired) electrons. The number of fused-ring (bicyclic) bond motifs is 1. The molecule has 0 atom stereocenters. The van der Waals surface area contributed by atoms with Crippen molar-refractivity contribution in [2.45, 2.75) is 11.5 Å². The van der Waals surface area contributed by atoms with Crippen molar-refractivity contribution in [1.29, 1.82) is 0 Å². The summed E-state index contributed by atoms with van der Waals surface area (Å²) in [6.07, 6.45) is 1.62. The number of anilines is 1. The number of carbonyl (C=O) groups is 1. The summed E-state index contributed by atoms with van der Waals surface area (Å²) < 4.78 is 33.9. The molecule has 4 rings (SSSR count). The van der Waals surface area contributed by atoms with E-state index in [2.05, 4.69) is 9.71 Å². The number of benzene rings is 2. The molecule has 0 fully saturated rings. The summed E-state index contributed by atoms with van der Waals surface area (Å²) in [5.74, 6) is -0.625. The third-order valence-electron chi connectivity index (χ3n) is 4.20. The predicted molar refractivity (Wildman–Crippen MR) is 117 cm³/mol. The topological polar surface area (TPSA) is 107 Å². The summed E-state index contributed by atoms with van der Waals surface area (Å²) in [6.45, 7) is -0.159. The van der Waals surface area contributed by atoms with Gasteiger partial charge in [-0.2, -0.15) is 0 Å². The van der Waals surface area contributed by atoms with E-state index in [1.54, 1.807) is 11.6 Å². The fourth-order valence-electron chi connectivity index (χ4n) is 2.69. The molecule has 0 saturated carbocycles. The number of hydrogen-bond donors (Lipinski definition) is 1. The van der Waals surface area contributed by atoms with Crippen LogP contribution in [0.2, 0.25) is 5.02 Å². The van der Waals surface area contributed by atoms with Gasteiger partial charge in [-0.1, -0.05) is 11.6 Å². The number of nitrogens with one attached hydrogen (secondary N) is 1. The number of sulfonamides is 1. The van der Waals surface area contributed by atoms with Crippen LogP contribution >= 0.6 is 22.9 Å². The van der Waals surface area contributed by atoms with Gasteiger partial charge in [-0.25, -0.2) is 18.2 Å². The second kappa shape index (κ2) is 8.50. The molecule has 158 valence electrons. The molecule has 2 aromatic carbocycles. The normalized spacial score (nSPS) is 11.4. The standard InChI is InChI=1S/C20H14ClN3O5S2/c21-14-3-7-17(8-4-14)31(27,28)23-15-5-1-13(2-6-15)19(26)29-12-16-11-18(25)24-9-10-30-20(24)22-16/h1-11,23H,12H2. The van der Waals surface area contributed by atoms with Gasteiger partial charge in [-0.15, -0.1) is 11.3 Å². The van der Waals surface area contributed by atoms with E-state index in [9.17, 15) is 18.0 Å². The Morgan fingerprint density at radius 1 is 1.13 bits per heavy atom. The summed E-state index contributed by atoms with van der Waals surface area (Å²) >= 11 is 7.08. The molecule has 2 heterocycles. The number of hydrogen-bond acceptors (Lipinski definition) is 7. The van der Waals surface area contributed by atoms with Crippen LogP contribution < -0.4 is 10.3 Å². The van der Waals surface area contributed by atoms with Crippen molar-refractivity contribution in [3.8, 4) is 0 Å². The van der Waals surface area contributed by atoms with Crippen LogP contribution in [0.5, 0.6) is 0 Å². The highest BCUT2D eigenvalue weighted by molar-refractivity contribution is 7.92. The summed E-state index contributed by atoms with van der Waals surface area (Å²) in [7, 11) is -3.79. The number of carbonyl (C=O) groups excluding carboxylic acids is 1. The molecular weight excluding hydrogens is 462 g/mol. The molecule has 4 aromatic rings. The molecule has 0 unspecified atom stereocenters. The third kappa shape index (κ3) is 4.76. The molecule has 31 heavy (non-hydrogen) atoms. The maximum Gasteiger partial charge on any atom is 0.338 e. The van der Waals surface area contributed by atoms with Crippen LogP contribution in [0, 0.1) is 0 Å². The highest BCUT2D eigenvalue weighted by Gasteiger charge is 2.15. The molecule has 2 aromatic heterocycles. The van der Waals surface area contributed by atoms with E-state index >= 15 is 0 Å². The molecule has 0 saturated heterocycles. The van der Waals surface area contributed by atoms with Crippen molar-refractivity contribution in [3.63, 3.8) is 0 Å². The largest absolute Gasteiger partial charge is 0.456 e. The van der Waals surface area contributed by atoms with Gasteiger partial charge in [0.1, 0.15) is 6.61 Å². The fourth-order valence-corrected chi connectivity index (χ4v) is 4.61. The first-order chi connectivity index (χ1) is 14.8. The lowest BCUT2D eigenvalue weighted by Crippen LogP contribution is -2.15. The van der Waals surface area contributed by atoms with E-state index in [4.69, 9.17) is 16.3 Å². The minimum absolute atomic E-state index is 0.0616. The highest BCUT2D eigenvalue weighted by atomic mass is 35.5. The summed E-state index contributed by atoms with van der Waals surface area (Å²) in [6, 6.07) is 12.8. The van der Waals surface area contributed by atoms with Crippen LogP contribution in [0.25, 0.3) is 4.96 Å². The van der Waals surface area contributed by atoms with E-state index in [0.29, 0.717) is 15.7 Å². The maximum absolute atomic E-state index is 12.4. The molecule has 11 heteroatoms. The van der Waals surface area contributed by atoms with Crippen LogP contribution in [-0.2, 0) is 21.4 Å². The van der Waals surface area contributed by atoms with E-state index in [0.717, 1.165) is 0 Å². The van der Waals surface area contributed by atoms with E-state index in [1.165, 1.54) is 70.3 Å². The summed E-state index contributed by atoms with van der Waals surface area (Å²) in [5.41, 5.74) is 0.593. The van der Waals surface area contributed by atoms with Crippen LogP contribution in [-0.4, -0.2) is 23.8 Å². The van der Waals surface area contributed by atoms with Crippen molar-refractivity contribution in [1.82, 2.24) is 9.38 Å². The molecule has 0 amide bonds. The Hall–Kier alpha value is -3.21. The maximum atomic E-state index is 12.4. The van der Waals surface area contributed by atoms with Crippen molar-refractivity contribution >= 4 is 49.6 Å². The van der Waals surface area contributed by atoms with Crippen LogP contribution in [0.4, 0.5) is 5.69 Å². The molecule has 0 spiro atoms. The quantitative estimate of drug-likeness (QED) is 0.427. The van der Waals surface area contributed by atoms with Crippen LogP contribution in [0.1, 0.15) is 16.1 Å². The fraction of sp³-hybridized carbons (Fsp3) is 0.0500. The number of halogens is 1. The number of ether oxygens (including phenoxy) is 1. The molecule has 0 aliphatic heterocycles. The first-order valence-corrected chi connectivity index (χ1v) is 11.6. The molecule has 0 aliphatic carbocycles. The molecule has 0 bridgehead atoms. The zero-order chi connectivity index (χ0) is 22.0. The van der Waals surface area contributed by atoms with Gasteiger partial charge in [-0.3, -0.25) is 13.9 Å². The lowest BCUT2D eigenvalue weighted by Gasteiger charge is -2.09. The number of thiazole rings is 1. The average Bonchev–Trinajstić information content (AvgIpc) is 3.22. The second-order valence-electron chi connectivity index (χ2n) is 6.35. The van der Waals surface area contributed by atoms with E-state index in [-0.39, 0.29) is 28.3 Å². The smallest absolute Gasteiger partial charge is 0.338 e. The first kappa shape index (κ1) is 21.0. The van der Waals surface area contributed by atoms with E-state index in [1.807, 2.05) is 0 Å². The van der Waals surface area contributed by atoms with Crippen molar-refractivity contribution in [3.05, 3.63) is 92.8 Å². The Kier molecular flexibility index (Phi) is 5.77. The first-order valence-electron chi connectivity index (χ1n) is 8.83. The predicted octanol–water partition coefficient (Wildman–Crippen LogP) is 3.57. The minimum Gasteiger partial charge on any atom is -0.456 e. The Morgan fingerprint density at radius 2 is 1.84 bits per heavy atom. The van der Waals surface area contributed by atoms with Gasteiger partial charge in [0, 0.05) is 28.4 Å².